The number of carbonyl (C=O) groups is 1. The number of nitrogens with one attached hydrogen (secondary N) is 1. The van der Waals surface area contributed by atoms with E-state index in [1.807, 2.05) is 6.07 Å². The summed E-state index contributed by atoms with van der Waals surface area (Å²) in [6.45, 7) is 0. The summed E-state index contributed by atoms with van der Waals surface area (Å²) in [5, 5.41) is 11.3. The third-order valence-electron chi connectivity index (χ3n) is 3.98. The number of nitrogens with zero attached hydrogens (tertiary/aromatic N) is 4. The van der Waals surface area contributed by atoms with Crippen LogP contribution in [-0.4, -0.2) is 25.9 Å². The van der Waals surface area contributed by atoms with Gasteiger partial charge in [0.15, 0.2) is 5.69 Å². The lowest BCUT2D eigenvalue weighted by Gasteiger charge is -2.09. The van der Waals surface area contributed by atoms with E-state index in [2.05, 4.69) is 20.6 Å². The molecule has 0 spiro atoms. The highest BCUT2D eigenvalue weighted by Gasteiger charge is 2.24. The van der Waals surface area contributed by atoms with Crippen LogP contribution in [0.1, 0.15) is 10.5 Å². The summed E-state index contributed by atoms with van der Waals surface area (Å²) in [5.41, 5.74) is 1.98. The summed E-state index contributed by atoms with van der Waals surface area (Å²) in [6.07, 6.45) is 1.61. The number of pyridine rings is 1. The van der Waals surface area contributed by atoms with Crippen molar-refractivity contribution in [2.45, 2.75) is 0 Å². The fraction of sp³-hybridized carbons (Fsp3) is 0. The van der Waals surface area contributed by atoms with Crippen molar-refractivity contribution in [3.63, 3.8) is 0 Å². The molecule has 0 aliphatic carbocycles. The zero-order valence-electron chi connectivity index (χ0n) is 14.4. The van der Waals surface area contributed by atoms with Crippen LogP contribution in [0.25, 0.3) is 17.1 Å². The summed E-state index contributed by atoms with van der Waals surface area (Å²) in [7, 11) is 0. The SMILES string of the molecule is O=C(Nc1ccc(F)cc1)c1nnn(-c2ccccc2Cl)c1-c1ccccn1. The van der Waals surface area contributed by atoms with Crippen molar-refractivity contribution in [2.24, 2.45) is 0 Å². The lowest BCUT2D eigenvalue weighted by atomic mass is 10.2. The Bertz CT molecular complexity index is 1130. The molecule has 4 aromatic rings. The molecule has 0 bridgehead atoms. The van der Waals surface area contributed by atoms with Gasteiger partial charge in [-0.3, -0.25) is 9.78 Å². The molecular weight excluding hydrogens is 381 g/mol. The molecule has 6 nitrogen and oxygen atoms in total. The maximum absolute atomic E-state index is 13.1. The van der Waals surface area contributed by atoms with Crippen molar-refractivity contribution in [1.82, 2.24) is 20.0 Å². The van der Waals surface area contributed by atoms with Crippen molar-refractivity contribution in [1.29, 1.82) is 0 Å². The standard InChI is InChI=1S/C20H13ClFN5O/c21-15-5-1-2-7-17(15)27-19(16-6-3-4-12-23-16)18(25-26-27)20(28)24-14-10-8-13(22)9-11-14/h1-12H,(H,24,28). The lowest BCUT2D eigenvalue weighted by Crippen LogP contribution is -2.14. The Morgan fingerprint density at radius 3 is 2.46 bits per heavy atom. The Morgan fingerprint density at radius 2 is 1.75 bits per heavy atom. The predicted octanol–water partition coefficient (Wildman–Crippen LogP) is 4.37. The van der Waals surface area contributed by atoms with E-state index in [0.717, 1.165) is 0 Å². The van der Waals surface area contributed by atoms with Gasteiger partial charge >= 0.3 is 0 Å². The molecule has 0 saturated heterocycles. The maximum Gasteiger partial charge on any atom is 0.278 e. The van der Waals surface area contributed by atoms with E-state index >= 15 is 0 Å². The quantitative estimate of drug-likeness (QED) is 0.558. The number of rotatable bonds is 4. The van der Waals surface area contributed by atoms with Gasteiger partial charge in [0.2, 0.25) is 0 Å². The number of para-hydroxylation sites is 1. The van der Waals surface area contributed by atoms with Crippen molar-refractivity contribution in [2.75, 3.05) is 5.32 Å². The fourth-order valence-corrected chi connectivity index (χ4v) is 2.90. The van der Waals surface area contributed by atoms with Gasteiger partial charge in [0.1, 0.15) is 11.5 Å². The van der Waals surface area contributed by atoms with E-state index in [1.54, 1.807) is 42.6 Å². The third kappa shape index (κ3) is 3.47. The number of amides is 1. The molecule has 1 amide bonds. The molecule has 138 valence electrons. The van der Waals surface area contributed by atoms with Crippen molar-refractivity contribution >= 4 is 23.2 Å². The van der Waals surface area contributed by atoms with E-state index in [0.29, 0.717) is 27.8 Å². The normalized spacial score (nSPS) is 10.6. The molecule has 8 heteroatoms. The van der Waals surface area contributed by atoms with Crippen LogP contribution in [0.3, 0.4) is 0 Å². The largest absolute Gasteiger partial charge is 0.321 e. The topological polar surface area (TPSA) is 72.7 Å². The molecule has 2 aromatic heterocycles. The summed E-state index contributed by atoms with van der Waals surface area (Å²) >= 11 is 6.31. The minimum atomic E-state index is -0.495. The van der Waals surface area contributed by atoms with Crippen LogP contribution in [-0.2, 0) is 0 Å². The van der Waals surface area contributed by atoms with Crippen LogP contribution in [0.5, 0.6) is 0 Å². The average Bonchev–Trinajstić information content (AvgIpc) is 3.16. The summed E-state index contributed by atoms with van der Waals surface area (Å²) in [6, 6.07) is 17.9. The van der Waals surface area contributed by atoms with Gasteiger partial charge in [-0.2, -0.15) is 0 Å². The molecule has 0 radical (unpaired) electrons. The molecule has 0 unspecified atom stereocenters. The molecular formula is C20H13ClFN5O. The molecule has 2 aromatic carbocycles. The maximum atomic E-state index is 13.1. The van der Waals surface area contributed by atoms with E-state index < -0.39 is 11.7 Å². The van der Waals surface area contributed by atoms with Crippen molar-refractivity contribution in [3.8, 4) is 17.1 Å². The van der Waals surface area contributed by atoms with Crippen LogP contribution in [0.15, 0.2) is 72.9 Å². The highest BCUT2D eigenvalue weighted by atomic mass is 35.5. The summed E-state index contributed by atoms with van der Waals surface area (Å²) in [4.78, 5) is 17.2. The van der Waals surface area contributed by atoms with Crippen LogP contribution < -0.4 is 5.32 Å². The van der Waals surface area contributed by atoms with Gasteiger partial charge in [0, 0.05) is 11.9 Å². The van der Waals surface area contributed by atoms with Crippen LogP contribution in [0.4, 0.5) is 10.1 Å². The van der Waals surface area contributed by atoms with E-state index in [4.69, 9.17) is 11.6 Å². The molecule has 0 saturated carbocycles. The zero-order valence-corrected chi connectivity index (χ0v) is 15.1. The molecule has 0 aliphatic rings. The number of hydrogen-bond donors (Lipinski definition) is 1. The average molecular weight is 394 g/mol. The second-order valence-electron chi connectivity index (χ2n) is 5.83. The zero-order chi connectivity index (χ0) is 19.5. The molecule has 28 heavy (non-hydrogen) atoms. The second-order valence-corrected chi connectivity index (χ2v) is 6.23. The Hall–Kier alpha value is -3.58. The lowest BCUT2D eigenvalue weighted by molar-refractivity contribution is 0.102. The molecule has 4 rings (SSSR count). The Balaban J connectivity index is 1.80. The van der Waals surface area contributed by atoms with Crippen LogP contribution in [0, 0.1) is 5.82 Å². The number of anilines is 1. The first kappa shape index (κ1) is 17.8. The minimum Gasteiger partial charge on any atom is -0.321 e. The molecule has 1 N–H and O–H groups in total. The fourth-order valence-electron chi connectivity index (χ4n) is 2.68. The first-order chi connectivity index (χ1) is 13.6. The second kappa shape index (κ2) is 7.58. The number of benzene rings is 2. The van der Waals surface area contributed by atoms with E-state index in [1.165, 1.54) is 28.9 Å². The Labute approximate surface area is 164 Å². The van der Waals surface area contributed by atoms with Gasteiger partial charge < -0.3 is 5.32 Å². The number of halogens is 2. The molecule has 0 aliphatic heterocycles. The van der Waals surface area contributed by atoms with Crippen LogP contribution >= 0.6 is 11.6 Å². The molecule has 0 atom stereocenters. The molecule has 0 fully saturated rings. The van der Waals surface area contributed by atoms with Gasteiger partial charge in [-0.1, -0.05) is 35.0 Å². The number of aromatic nitrogens is 4. The van der Waals surface area contributed by atoms with Crippen LogP contribution in [0.2, 0.25) is 5.02 Å². The Kier molecular flexibility index (Phi) is 4.82. The number of hydrogen-bond acceptors (Lipinski definition) is 4. The third-order valence-corrected chi connectivity index (χ3v) is 4.30. The summed E-state index contributed by atoms with van der Waals surface area (Å²) in [5.74, 6) is -0.887. The van der Waals surface area contributed by atoms with Gasteiger partial charge in [-0.05, 0) is 48.5 Å². The van der Waals surface area contributed by atoms with Gasteiger partial charge in [0.25, 0.3) is 5.91 Å². The van der Waals surface area contributed by atoms with Gasteiger partial charge in [-0.25, -0.2) is 9.07 Å². The minimum absolute atomic E-state index is 0.0722. The summed E-state index contributed by atoms with van der Waals surface area (Å²) < 4.78 is 14.6. The first-order valence-electron chi connectivity index (χ1n) is 8.32. The van der Waals surface area contributed by atoms with E-state index in [9.17, 15) is 9.18 Å². The molecule has 2 heterocycles. The first-order valence-corrected chi connectivity index (χ1v) is 8.70. The highest BCUT2D eigenvalue weighted by Crippen LogP contribution is 2.27. The smallest absolute Gasteiger partial charge is 0.278 e. The Morgan fingerprint density at radius 1 is 1.00 bits per heavy atom. The monoisotopic (exact) mass is 393 g/mol. The number of carbonyl (C=O) groups excluding carboxylic acids is 1. The van der Waals surface area contributed by atoms with Crippen molar-refractivity contribution in [3.05, 3.63) is 89.5 Å². The van der Waals surface area contributed by atoms with E-state index in [-0.39, 0.29) is 5.69 Å². The highest BCUT2D eigenvalue weighted by molar-refractivity contribution is 6.32. The van der Waals surface area contributed by atoms with Crippen molar-refractivity contribution < 1.29 is 9.18 Å². The van der Waals surface area contributed by atoms with Gasteiger partial charge in [-0.15, -0.1) is 5.10 Å². The van der Waals surface area contributed by atoms with Gasteiger partial charge in [0.05, 0.1) is 16.4 Å². The predicted molar refractivity (Wildman–Crippen MR) is 104 cm³/mol.